The maximum atomic E-state index is 12.6. The lowest BCUT2D eigenvalue weighted by molar-refractivity contribution is -0.0449. The van der Waals surface area contributed by atoms with E-state index in [4.69, 9.17) is 4.74 Å². The van der Waals surface area contributed by atoms with Crippen LogP contribution in [-0.2, 0) is 4.74 Å². The number of hydrogen-bond acceptors (Lipinski definition) is 4. The highest BCUT2D eigenvalue weighted by Gasteiger charge is 2.26. The van der Waals surface area contributed by atoms with Crippen molar-refractivity contribution in [3.63, 3.8) is 0 Å². The number of imidazole rings is 1. The minimum absolute atomic E-state index is 0.0816. The Kier molecular flexibility index (Phi) is 3.98. The van der Waals surface area contributed by atoms with Gasteiger partial charge < -0.3 is 14.7 Å². The average Bonchev–Trinajstić information content (AvgIpc) is 3.04. The van der Waals surface area contributed by atoms with E-state index < -0.39 is 0 Å². The van der Waals surface area contributed by atoms with E-state index in [1.54, 1.807) is 22.0 Å². The Morgan fingerprint density at radius 1 is 1.38 bits per heavy atom. The molecule has 2 aromatic rings. The van der Waals surface area contributed by atoms with Crippen molar-refractivity contribution >= 4 is 5.91 Å². The van der Waals surface area contributed by atoms with Crippen molar-refractivity contribution in [1.29, 1.82) is 0 Å². The fraction of sp³-hybridized carbons (Fsp3) is 0.333. The maximum Gasteiger partial charge on any atom is 0.272 e. The molecule has 6 nitrogen and oxygen atoms in total. The fourth-order valence-electron chi connectivity index (χ4n) is 2.42. The molecule has 1 amide bonds. The third kappa shape index (κ3) is 2.81. The molecule has 110 valence electrons. The van der Waals surface area contributed by atoms with Crippen LogP contribution in [-0.4, -0.2) is 57.9 Å². The zero-order valence-electron chi connectivity index (χ0n) is 11.6. The molecular formula is C15H17N3O3. The summed E-state index contributed by atoms with van der Waals surface area (Å²) in [5.41, 5.74) is 1.41. The molecule has 1 N–H and O–H groups in total. The summed E-state index contributed by atoms with van der Waals surface area (Å²) in [6.45, 7) is 1.28. The van der Waals surface area contributed by atoms with Gasteiger partial charge >= 0.3 is 0 Å². The molecule has 0 bridgehead atoms. The first-order valence-corrected chi connectivity index (χ1v) is 6.89. The van der Waals surface area contributed by atoms with Crippen LogP contribution in [0.3, 0.4) is 0 Å². The first-order valence-electron chi connectivity index (χ1n) is 6.89. The number of aromatic nitrogens is 2. The van der Waals surface area contributed by atoms with E-state index in [0.29, 0.717) is 25.4 Å². The highest BCUT2D eigenvalue weighted by atomic mass is 16.5. The Labute approximate surface area is 122 Å². The normalized spacial score (nSPS) is 18.7. The van der Waals surface area contributed by atoms with E-state index in [1.165, 1.54) is 0 Å². The summed E-state index contributed by atoms with van der Waals surface area (Å²) in [6.07, 6.45) is 2.89. The number of rotatable bonds is 3. The zero-order valence-corrected chi connectivity index (χ0v) is 11.6. The van der Waals surface area contributed by atoms with Gasteiger partial charge in [-0.05, 0) is 12.1 Å². The minimum Gasteiger partial charge on any atom is -0.394 e. The van der Waals surface area contributed by atoms with Crippen LogP contribution in [0.15, 0.2) is 42.9 Å². The first-order chi connectivity index (χ1) is 10.3. The molecule has 1 fully saturated rings. The fourth-order valence-corrected chi connectivity index (χ4v) is 2.42. The molecule has 1 atom stereocenters. The largest absolute Gasteiger partial charge is 0.394 e. The van der Waals surface area contributed by atoms with Gasteiger partial charge in [0.15, 0.2) is 0 Å². The molecule has 0 aliphatic carbocycles. The molecule has 2 heterocycles. The molecule has 0 radical (unpaired) electrons. The maximum absolute atomic E-state index is 12.6. The lowest BCUT2D eigenvalue weighted by Crippen LogP contribution is -2.47. The smallest absolute Gasteiger partial charge is 0.272 e. The number of benzene rings is 1. The van der Waals surface area contributed by atoms with Gasteiger partial charge in [0.1, 0.15) is 5.69 Å². The third-order valence-electron chi connectivity index (χ3n) is 3.52. The van der Waals surface area contributed by atoms with Crippen LogP contribution in [0.5, 0.6) is 0 Å². The Morgan fingerprint density at radius 3 is 2.95 bits per heavy atom. The van der Waals surface area contributed by atoms with Crippen LogP contribution in [0, 0.1) is 0 Å². The van der Waals surface area contributed by atoms with Crippen LogP contribution in [0.4, 0.5) is 0 Å². The molecule has 1 unspecified atom stereocenters. The standard InChI is InChI=1S/C15H17N3O3/c19-10-13-9-17(6-7-21-13)15(20)14-8-16-11-18(14)12-4-2-1-3-5-12/h1-5,8,11,13,19H,6-7,9-10H2. The Bertz CT molecular complexity index is 612. The van der Waals surface area contributed by atoms with Gasteiger partial charge in [0, 0.05) is 18.8 Å². The van der Waals surface area contributed by atoms with Gasteiger partial charge in [-0.1, -0.05) is 18.2 Å². The highest BCUT2D eigenvalue weighted by Crippen LogP contribution is 2.15. The number of aliphatic hydroxyl groups excluding tert-OH is 1. The molecule has 21 heavy (non-hydrogen) atoms. The van der Waals surface area contributed by atoms with Crippen LogP contribution >= 0.6 is 0 Å². The summed E-state index contributed by atoms with van der Waals surface area (Å²) in [5.74, 6) is -0.0990. The molecule has 1 aliphatic heterocycles. The lowest BCUT2D eigenvalue weighted by atomic mass is 10.2. The predicted octanol–water partition coefficient (Wildman–Crippen LogP) is 0.706. The molecule has 1 aromatic carbocycles. The van der Waals surface area contributed by atoms with Gasteiger partial charge in [-0.25, -0.2) is 4.98 Å². The number of morpholine rings is 1. The van der Waals surface area contributed by atoms with Crippen LogP contribution in [0.2, 0.25) is 0 Å². The zero-order chi connectivity index (χ0) is 14.7. The van der Waals surface area contributed by atoms with Gasteiger partial charge in [-0.3, -0.25) is 9.36 Å². The van der Waals surface area contributed by atoms with Crippen molar-refractivity contribution in [1.82, 2.24) is 14.5 Å². The van der Waals surface area contributed by atoms with Crippen molar-refractivity contribution in [3.05, 3.63) is 48.5 Å². The number of para-hydroxylation sites is 1. The van der Waals surface area contributed by atoms with Gasteiger partial charge in [-0.15, -0.1) is 0 Å². The summed E-state index contributed by atoms with van der Waals surface area (Å²) in [7, 11) is 0. The van der Waals surface area contributed by atoms with E-state index >= 15 is 0 Å². The van der Waals surface area contributed by atoms with Crippen LogP contribution < -0.4 is 0 Å². The van der Waals surface area contributed by atoms with Crippen molar-refractivity contribution in [2.24, 2.45) is 0 Å². The van der Waals surface area contributed by atoms with Crippen LogP contribution in [0.25, 0.3) is 5.69 Å². The van der Waals surface area contributed by atoms with E-state index in [-0.39, 0.29) is 18.6 Å². The third-order valence-corrected chi connectivity index (χ3v) is 3.52. The van der Waals surface area contributed by atoms with Gasteiger partial charge in [0.25, 0.3) is 5.91 Å². The Balaban J connectivity index is 1.84. The number of amides is 1. The minimum atomic E-state index is -0.309. The van der Waals surface area contributed by atoms with E-state index in [9.17, 15) is 9.90 Å². The quantitative estimate of drug-likeness (QED) is 0.902. The number of carbonyl (C=O) groups is 1. The molecule has 1 aromatic heterocycles. The lowest BCUT2D eigenvalue weighted by Gasteiger charge is -2.32. The molecule has 1 saturated heterocycles. The monoisotopic (exact) mass is 287 g/mol. The number of carbonyl (C=O) groups excluding carboxylic acids is 1. The van der Waals surface area contributed by atoms with Gasteiger partial charge in [0.2, 0.25) is 0 Å². The summed E-state index contributed by atoms with van der Waals surface area (Å²) in [4.78, 5) is 18.4. The predicted molar refractivity (Wildman–Crippen MR) is 76.3 cm³/mol. The van der Waals surface area contributed by atoms with Crippen molar-refractivity contribution in [2.75, 3.05) is 26.3 Å². The van der Waals surface area contributed by atoms with Crippen molar-refractivity contribution in [2.45, 2.75) is 6.10 Å². The van der Waals surface area contributed by atoms with Crippen molar-refractivity contribution in [3.8, 4) is 5.69 Å². The summed E-state index contributed by atoms with van der Waals surface area (Å²) in [6, 6.07) is 9.61. The summed E-state index contributed by atoms with van der Waals surface area (Å²) < 4.78 is 7.14. The Hall–Kier alpha value is -2.18. The van der Waals surface area contributed by atoms with Crippen LogP contribution in [0.1, 0.15) is 10.5 Å². The summed E-state index contributed by atoms with van der Waals surface area (Å²) in [5, 5.41) is 9.17. The Morgan fingerprint density at radius 2 is 2.19 bits per heavy atom. The van der Waals surface area contributed by atoms with Gasteiger partial charge in [-0.2, -0.15) is 0 Å². The first kappa shape index (κ1) is 13.8. The van der Waals surface area contributed by atoms with E-state index in [2.05, 4.69) is 4.98 Å². The second-order valence-corrected chi connectivity index (χ2v) is 4.91. The number of ether oxygens (including phenoxy) is 1. The molecule has 0 saturated carbocycles. The number of hydrogen-bond donors (Lipinski definition) is 1. The topological polar surface area (TPSA) is 67.6 Å². The van der Waals surface area contributed by atoms with E-state index in [0.717, 1.165) is 5.69 Å². The molecule has 6 heteroatoms. The average molecular weight is 287 g/mol. The second kappa shape index (κ2) is 6.07. The molecule has 1 aliphatic rings. The number of aliphatic hydroxyl groups is 1. The second-order valence-electron chi connectivity index (χ2n) is 4.91. The van der Waals surface area contributed by atoms with E-state index in [1.807, 2.05) is 30.3 Å². The number of nitrogens with zero attached hydrogens (tertiary/aromatic N) is 3. The van der Waals surface area contributed by atoms with Gasteiger partial charge in [0.05, 0.1) is 31.8 Å². The summed E-state index contributed by atoms with van der Waals surface area (Å²) >= 11 is 0. The molecule has 3 rings (SSSR count). The molecular weight excluding hydrogens is 270 g/mol. The SMILES string of the molecule is O=C(c1cncn1-c1ccccc1)N1CCOC(CO)C1. The molecule has 0 spiro atoms. The van der Waals surface area contributed by atoms with Crippen molar-refractivity contribution < 1.29 is 14.6 Å². The highest BCUT2D eigenvalue weighted by molar-refractivity contribution is 5.93.